The van der Waals surface area contributed by atoms with Gasteiger partial charge in [-0.15, -0.1) is 0 Å². The Bertz CT molecular complexity index is 413. The highest BCUT2D eigenvalue weighted by Gasteiger charge is 2.15. The molecular weight excluding hydrogens is 224 g/mol. The van der Waals surface area contributed by atoms with E-state index in [0.29, 0.717) is 24.4 Å². The number of hydrogen-bond donors (Lipinski definition) is 1. The Morgan fingerprint density at radius 2 is 2.24 bits per heavy atom. The fraction of sp³-hybridized carbons (Fsp3) is 0.333. The molecule has 17 heavy (non-hydrogen) atoms. The van der Waals surface area contributed by atoms with Gasteiger partial charge in [0.2, 0.25) is 0 Å². The van der Waals surface area contributed by atoms with Crippen molar-refractivity contribution >= 4 is 12.4 Å². The van der Waals surface area contributed by atoms with Gasteiger partial charge in [0, 0.05) is 6.07 Å². The molecule has 5 heteroatoms. The SMILES string of the molecule is COc1cc(OC=O)ccc1CC(C)C(=O)O. The molecule has 1 aromatic rings. The molecule has 0 spiro atoms. The molecule has 1 N–H and O–H groups in total. The van der Waals surface area contributed by atoms with Gasteiger partial charge in [-0.2, -0.15) is 0 Å². The van der Waals surface area contributed by atoms with Crippen LogP contribution in [0.1, 0.15) is 12.5 Å². The molecular formula is C12H14O5. The van der Waals surface area contributed by atoms with E-state index in [4.69, 9.17) is 9.84 Å². The van der Waals surface area contributed by atoms with Gasteiger partial charge in [0.05, 0.1) is 13.0 Å². The monoisotopic (exact) mass is 238 g/mol. The summed E-state index contributed by atoms with van der Waals surface area (Å²) in [5.41, 5.74) is 0.764. The van der Waals surface area contributed by atoms with Crippen molar-refractivity contribution < 1.29 is 24.2 Å². The van der Waals surface area contributed by atoms with Crippen molar-refractivity contribution in [1.29, 1.82) is 0 Å². The summed E-state index contributed by atoms with van der Waals surface area (Å²) >= 11 is 0. The Hall–Kier alpha value is -2.04. The number of carbonyl (C=O) groups excluding carboxylic acids is 1. The molecule has 0 fully saturated rings. The zero-order chi connectivity index (χ0) is 12.8. The standard InChI is InChI=1S/C12H14O5/c1-8(12(14)15)5-9-3-4-10(17-7-13)6-11(9)16-2/h3-4,6-8H,5H2,1-2H3,(H,14,15). The van der Waals surface area contributed by atoms with Crippen molar-refractivity contribution in [2.75, 3.05) is 7.11 Å². The van der Waals surface area contributed by atoms with Gasteiger partial charge in [-0.25, -0.2) is 0 Å². The highest BCUT2D eigenvalue weighted by molar-refractivity contribution is 5.70. The third-order valence-corrected chi connectivity index (χ3v) is 2.39. The first-order valence-corrected chi connectivity index (χ1v) is 5.08. The second-order valence-electron chi connectivity index (χ2n) is 3.63. The third kappa shape index (κ3) is 3.48. The van der Waals surface area contributed by atoms with E-state index < -0.39 is 11.9 Å². The summed E-state index contributed by atoms with van der Waals surface area (Å²) in [6.07, 6.45) is 0.361. The Kier molecular flexibility index (Phi) is 4.51. The summed E-state index contributed by atoms with van der Waals surface area (Å²) < 4.78 is 9.80. The Morgan fingerprint density at radius 1 is 1.53 bits per heavy atom. The summed E-state index contributed by atoms with van der Waals surface area (Å²) in [6.45, 7) is 1.95. The molecule has 0 bridgehead atoms. The lowest BCUT2D eigenvalue weighted by Crippen LogP contribution is -2.12. The first-order valence-electron chi connectivity index (χ1n) is 5.08. The minimum atomic E-state index is -0.861. The molecule has 1 atom stereocenters. The van der Waals surface area contributed by atoms with Gasteiger partial charge in [-0.05, 0) is 18.1 Å². The van der Waals surface area contributed by atoms with Crippen molar-refractivity contribution in [2.45, 2.75) is 13.3 Å². The lowest BCUT2D eigenvalue weighted by atomic mass is 10.0. The van der Waals surface area contributed by atoms with Crippen molar-refractivity contribution in [2.24, 2.45) is 5.92 Å². The molecule has 0 heterocycles. The lowest BCUT2D eigenvalue weighted by Gasteiger charge is -2.11. The molecule has 0 aromatic heterocycles. The predicted octanol–water partition coefficient (Wildman–Crippen LogP) is 1.49. The Labute approximate surface area is 99.0 Å². The molecule has 0 saturated heterocycles. The van der Waals surface area contributed by atoms with E-state index in [1.54, 1.807) is 25.1 Å². The van der Waals surface area contributed by atoms with Crippen LogP contribution in [-0.4, -0.2) is 24.7 Å². The molecule has 0 aliphatic carbocycles. The van der Waals surface area contributed by atoms with E-state index in [2.05, 4.69) is 4.74 Å². The highest BCUT2D eigenvalue weighted by Crippen LogP contribution is 2.26. The summed E-state index contributed by atoms with van der Waals surface area (Å²) in [5, 5.41) is 8.83. The number of ether oxygens (including phenoxy) is 2. The minimum absolute atomic E-state index is 0.328. The van der Waals surface area contributed by atoms with Gasteiger partial charge in [-0.1, -0.05) is 13.0 Å². The Balaban J connectivity index is 2.92. The molecule has 0 radical (unpaired) electrons. The molecule has 0 saturated carbocycles. The fourth-order valence-electron chi connectivity index (χ4n) is 1.44. The summed E-state index contributed by atoms with van der Waals surface area (Å²) in [5.74, 6) is -0.483. The number of rotatable bonds is 6. The number of hydrogen-bond acceptors (Lipinski definition) is 4. The van der Waals surface area contributed by atoms with E-state index in [9.17, 15) is 9.59 Å². The van der Waals surface area contributed by atoms with Gasteiger partial charge in [0.1, 0.15) is 11.5 Å². The molecule has 0 aliphatic heterocycles. The van der Waals surface area contributed by atoms with E-state index in [0.717, 1.165) is 5.56 Å². The number of carboxylic acid groups (broad SMARTS) is 1. The number of carboxylic acids is 1. The van der Waals surface area contributed by atoms with Crippen LogP contribution in [0, 0.1) is 5.92 Å². The number of benzene rings is 1. The van der Waals surface area contributed by atoms with Crippen LogP contribution in [0.15, 0.2) is 18.2 Å². The maximum absolute atomic E-state index is 10.8. The van der Waals surface area contributed by atoms with Crippen LogP contribution in [-0.2, 0) is 16.0 Å². The first-order chi connectivity index (χ1) is 8.08. The van der Waals surface area contributed by atoms with Gasteiger partial charge >= 0.3 is 5.97 Å². The van der Waals surface area contributed by atoms with Gasteiger partial charge in [-0.3, -0.25) is 9.59 Å². The number of methoxy groups -OCH3 is 1. The van der Waals surface area contributed by atoms with Crippen LogP contribution in [0.5, 0.6) is 11.5 Å². The third-order valence-electron chi connectivity index (χ3n) is 2.39. The maximum atomic E-state index is 10.8. The van der Waals surface area contributed by atoms with E-state index in [-0.39, 0.29) is 0 Å². The normalized spacial score (nSPS) is 11.6. The first kappa shape index (κ1) is 13.0. The van der Waals surface area contributed by atoms with Crippen LogP contribution in [0.4, 0.5) is 0 Å². The molecule has 92 valence electrons. The molecule has 5 nitrogen and oxygen atoms in total. The molecule has 0 amide bonds. The zero-order valence-electron chi connectivity index (χ0n) is 9.67. The quantitative estimate of drug-likeness (QED) is 0.760. The second kappa shape index (κ2) is 5.89. The zero-order valence-corrected chi connectivity index (χ0v) is 9.67. The van der Waals surface area contributed by atoms with Crippen LogP contribution < -0.4 is 9.47 Å². The van der Waals surface area contributed by atoms with Crippen LogP contribution in [0.2, 0.25) is 0 Å². The Morgan fingerprint density at radius 3 is 2.76 bits per heavy atom. The predicted molar refractivity (Wildman–Crippen MR) is 60.2 cm³/mol. The van der Waals surface area contributed by atoms with Crippen molar-refractivity contribution in [1.82, 2.24) is 0 Å². The van der Waals surface area contributed by atoms with Gasteiger partial charge < -0.3 is 14.6 Å². The van der Waals surface area contributed by atoms with E-state index in [1.807, 2.05) is 0 Å². The maximum Gasteiger partial charge on any atom is 0.306 e. The lowest BCUT2D eigenvalue weighted by molar-refractivity contribution is -0.141. The fourth-order valence-corrected chi connectivity index (χ4v) is 1.44. The van der Waals surface area contributed by atoms with E-state index >= 15 is 0 Å². The van der Waals surface area contributed by atoms with Crippen molar-refractivity contribution in [3.05, 3.63) is 23.8 Å². The molecule has 1 rings (SSSR count). The average Bonchev–Trinajstić information content (AvgIpc) is 2.31. The van der Waals surface area contributed by atoms with Crippen molar-refractivity contribution in [3.8, 4) is 11.5 Å². The second-order valence-corrected chi connectivity index (χ2v) is 3.63. The van der Waals surface area contributed by atoms with E-state index in [1.165, 1.54) is 7.11 Å². The topological polar surface area (TPSA) is 72.8 Å². The number of carbonyl (C=O) groups is 2. The summed E-state index contributed by atoms with van der Waals surface area (Å²) in [7, 11) is 1.48. The van der Waals surface area contributed by atoms with Gasteiger partial charge in [0.25, 0.3) is 6.47 Å². The summed E-state index contributed by atoms with van der Waals surface area (Å²) in [4.78, 5) is 20.9. The number of aliphatic carboxylic acids is 1. The molecule has 0 aliphatic rings. The van der Waals surface area contributed by atoms with Gasteiger partial charge in [0.15, 0.2) is 0 Å². The minimum Gasteiger partial charge on any atom is -0.496 e. The van der Waals surface area contributed by atoms with Crippen LogP contribution in [0.3, 0.4) is 0 Å². The molecule has 1 aromatic carbocycles. The van der Waals surface area contributed by atoms with Crippen LogP contribution >= 0.6 is 0 Å². The highest BCUT2D eigenvalue weighted by atomic mass is 16.5. The van der Waals surface area contributed by atoms with Crippen LogP contribution in [0.25, 0.3) is 0 Å². The summed E-state index contributed by atoms with van der Waals surface area (Å²) in [6, 6.07) is 4.84. The average molecular weight is 238 g/mol. The molecule has 1 unspecified atom stereocenters. The smallest absolute Gasteiger partial charge is 0.306 e. The van der Waals surface area contributed by atoms with Crippen molar-refractivity contribution in [3.63, 3.8) is 0 Å². The largest absolute Gasteiger partial charge is 0.496 e.